The van der Waals surface area contributed by atoms with Crippen molar-refractivity contribution in [3.05, 3.63) is 34.1 Å². The monoisotopic (exact) mass is 248 g/mol. The van der Waals surface area contributed by atoms with Crippen molar-refractivity contribution in [2.24, 2.45) is 0 Å². The average molecular weight is 248 g/mol. The normalized spacial score (nSPS) is 25.1. The van der Waals surface area contributed by atoms with Crippen molar-refractivity contribution in [3.63, 3.8) is 0 Å². The van der Waals surface area contributed by atoms with Gasteiger partial charge in [-0.05, 0) is 18.9 Å². The van der Waals surface area contributed by atoms with Gasteiger partial charge in [0.05, 0.1) is 22.2 Å². The lowest BCUT2D eigenvalue weighted by Gasteiger charge is -2.29. The molecule has 0 bridgehead atoms. The highest BCUT2D eigenvalue weighted by molar-refractivity contribution is 5.81. The molecule has 1 atom stereocenters. The Balaban J connectivity index is 1.94. The van der Waals surface area contributed by atoms with Crippen LogP contribution in [-0.4, -0.2) is 21.3 Å². The van der Waals surface area contributed by atoms with Gasteiger partial charge in [0, 0.05) is 19.0 Å². The van der Waals surface area contributed by atoms with E-state index >= 15 is 0 Å². The molecule has 1 saturated carbocycles. The van der Waals surface area contributed by atoms with Crippen molar-refractivity contribution in [2.75, 3.05) is 0 Å². The van der Waals surface area contributed by atoms with Crippen LogP contribution in [0.15, 0.2) is 18.5 Å². The molecule has 1 saturated heterocycles. The Labute approximate surface area is 103 Å². The molecule has 1 aromatic rings. The van der Waals surface area contributed by atoms with E-state index in [2.05, 4.69) is 4.98 Å². The highest BCUT2D eigenvalue weighted by atomic mass is 16.6. The lowest BCUT2D eigenvalue weighted by Crippen LogP contribution is -2.30. The second-order valence-corrected chi connectivity index (χ2v) is 4.90. The van der Waals surface area contributed by atoms with Crippen LogP contribution in [0.1, 0.15) is 37.4 Å². The number of hydrogen-bond acceptors (Lipinski definition) is 5. The van der Waals surface area contributed by atoms with E-state index in [-0.39, 0.29) is 23.5 Å². The summed E-state index contributed by atoms with van der Waals surface area (Å²) in [4.78, 5) is 25.9. The number of ether oxygens (including phenoxy) is 1. The lowest BCUT2D eigenvalue weighted by molar-refractivity contribution is -0.386. The first-order valence-electron chi connectivity index (χ1n) is 5.87. The number of pyridine rings is 1. The lowest BCUT2D eigenvalue weighted by atomic mass is 9.96. The Morgan fingerprint density at radius 2 is 2.28 bits per heavy atom. The summed E-state index contributed by atoms with van der Waals surface area (Å²) < 4.78 is 5.88. The Hall–Kier alpha value is -1.82. The molecule has 1 spiro atoms. The quantitative estimate of drug-likeness (QED) is 0.590. The first-order chi connectivity index (χ1) is 8.60. The van der Waals surface area contributed by atoms with Crippen molar-refractivity contribution in [1.82, 2.24) is 4.98 Å². The fourth-order valence-electron chi connectivity index (χ4n) is 2.45. The summed E-state index contributed by atoms with van der Waals surface area (Å²) in [6.45, 7) is 0. The zero-order valence-corrected chi connectivity index (χ0v) is 9.67. The maximum Gasteiger partial charge on any atom is 0.293 e. The highest BCUT2D eigenvalue weighted by Gasteiger charge is 2.51. The van der Waals surface area contributed by atoms with Crippen LogP contribution in [0.5, 0.6) is 0 Å². The van der Waals surface area contributed by atoms with Gasteiger partial charge in [-0.2, -0.15) is 0 Å². The minimum Gasteiger partial charge on any atom is -0.366 e. The molecule has 6 nitrogen and oxygen atoms in total. The summed E-state index contributed by atoms with van der Waals surface area (Å²) in [5.41, 5.74) is 0.0410. The van der Waals surface area contributed by atoms with Gasteiger partial charge in [0.1, 0.15) is 12.0 Å². The number of aromatic nitrogens is 1. The number of hydrogen-bond donors (Lipinski definition) is 0. The van der Waals surface area contributed by atoms with Crippen LogP contribution < -0.4 is 0 Å². The number of nitrogens with zero attached hydrogens (tertiary/aromatic N) is 2. The number of Topliss-reactive ketones (excluding diaryl/α,β-unsaturated/α-hetero) is 1. The standard InChI is InChI=1S/C12H12N2O4/c15-8-5-11(18-12(6-8)2-3-12)9-1-4-13-7-10(9)14(16)17/h1,4,7,11H,2-3,5-6H2/t11-/m1/s1. The van der Waals surface area contributed by atoms with Gasteiger partial charge in [-0.25, -0.2) is 0 Å². The topological polar surface area (TPSA) is 82.3 Å². The third kappa shape index (κ3) is 1.88. The van der Waals surface area contributed by atoms with Crippen LogP contribution in [-0.2, 0) is 9.53 Å². The van der Waals surface area contributed by atoms with Crippen LogP contribution in [0.4, 0.5) is 5.69 Å². The molecule has 0 unspecified atom stereocenters. The zero-order valence-electron chi connectivity index (χ0n) is 9.67. The van der Waals surface area contributed by atoms with Crippen LogP contribution in [0, 0.1) is 10.1 Å². The maximum atomic E-state index is 11.7. The van der Waals surface area contributed by atoms with Gasteiger partial charge in [-0.3, -0.25) is 19.9 Å². The van der Waals surface area contributed by atoms with Crippen molar-refractivity contribution in [2.45, 2.75) is 37.4 Å². The molecule has 3 rings (SSSR count). The van der Waals surface area contributed by atoms with E-state index in [1.165, 1.54) is 12.4 Å². The summed E-state index contributed by atoms with van der Waals surface area (Å²) in [6.07, 6.45) is 4.59. The third-order valence-electron chi connectivity index (χ3n) is 3.51. The Kier molecular flexibility index (Phi) is 2.41. The minimum atomic E-state index is -0.503. The Morgan fingerprint density at radius 1 is 1.50 bits per heavy atom. The van der Waals surface area contributed by atoms with E-state index in [1.54, 1.807) is 6.07 Å². The largest absolute Gasteiger partial charge is 0.366 e. The van der Waals surface area contributed by atoms with Crippen molar-refractivity contribution >= 4 is 11.5 Å². The van der Waals surface area contributed by atoms with Gasteiger partial charge in [0.25, 0.3) is 5.69 Å². The molecule has 6 heteroatoms. The SMILES string of the molecule is O=C1C[C@H](c2ccncc2[N+](=O)[O-])OC2(CC2)C1. The Bertz CT molecular complexity index is 525. The van der Waals surface area contributed by atoms with E-state index < -0.39 is 11.0 Å². The van der Waals surface area contributed by atoms with Crippen LogP contribution in [0.2, 0.25) is 0 Å². The molecule has 94 valence electrons. The zero-order chi connectivity index (χ0) is 12.8. The highest BCUT2D eigenvalue weighted by Crippen LogP contribution is 2.51. The molecular weight excluding hydrogens is 236 g/mol. The average Bonchev–Trinajstić information content (AvgIpc) is 3.07. The van der Waals surface area contributed by atoms with Crippen LogP contribution in [0.3, 0.4) is 0 Å². The maximum absolute atomic E-state index is 11.7. The molecule has 0 N–H and O–H groups in total. The van der Waals surface area contributed by atoms with Gasteiger partial charge in [0.2, 0.25) is 0 Å². The van der Waals surface area contributed by atoms with E-state index in [0.29, 0.717) is 12.0 Å². The number of carbonyl (C=O) groups is 1. The first-order valence-corrected chi connectivity index (χ1v) is 5.87. The molecule has 0 radical (unpaired) electrons. The molecule has 2 fully saturated rings. The molecule has 0 aromatic carbocycles. The minimum absolute atomic E-state index is 0.0759. The second kappa shape index (κ2) is 3.84. The van der Waals surface area contributed by atoms with Gasteiger partial charge in [0.15, 0.2) is 0 Å². The summed E-state index contributed by atoms with van der Waals surface area (Å²) in [5, 5.41) is 10.9. The molecule has 1 aliphatic carbocycles. The predicted octanol–water partition coefficient (Wildman–Crippen LogP) is 1.94. The number of rotatable bonds is 2. The fraction of sp³-hybridized carbons (Fsp3) is 0.500. The van der Waals surface area contributed by atoms with E-state index in [0.717, 1.165) is 12.8 Å². The molecular formula is C12H12N2O4. The van der Waals surface area contributed by atoms with Crippen molar-refractivity contribution < 1.29 is 14.5 Å². The number of nitro groups is 1. The number of carbonyl (C=O) groups excluding carboxylic acids is 1. The summed E-state index contributed by atoms with van der Waals surface area (Å²) in [7, 11) is 0. The molecule has 0 amide bonds. The summed E-state index contributed by atoms with van der Waals surface area (Å²) in [5.74, 6) is 0.120. The third-order valence-corrected chi connectivity index (χ3v) is 3.51. The van der Waals surface area contributed by atoms with E-state index in [1.807, 2.05) is 0 Å². The van der Waals surface area contributed by atoms with Crippen molar-refractivity contribution in [3.8, 4) is 0 Å². The van der Waals surface area contributed by atoms with E-state index in [4.69, 9.17) is 4.74 Å². The molecule has 1 aliphatic heterocycles. The fourth-order valence-corrected chi connectivity index (χ4v) is 2.45. The number of ketones is 1. The van der Waals surface area contributed by atoms with E-state index in [9.17, 15) is 14.9 Å². The molecule has 18 heavy (non-hydrogen) atoms. The van der Waals surface area contributed by atoms with Gasteiger partial charge in [-0.1, -0.05) is 0 Å². The molecule has 2 aliphatic rings. The first kappa shape index (κ1) is 11.3. The second-order valence-electron chi connectivity index (χ2n) is 4.90. The Morgan fingerprint density at radius 3 is 2.94 bits per heavy atom. The summed E-state index contributed by atoms with van der Waals surface area (Å²) >= 11 is 0. The molecule has 2 heterocycles. The van der Waals surface area contributed by atoms with Gasteiger partial charge in [-0.15, -0.1) is 0 Å². The smallest absolute Gasteiger partial charge is 0.293 e. The summed E-state index contributed by atoms with van der Waals surface area (Å²) in [6, 6.07) is 1.57. The van der Waals surface area contributed by atoms with Crippen LogP contribution >= 0.6 is 0 Å². The van der Waals surface area contributed by atoms with Crippen molar-refractivity contribution in [1.29, 1.82) is 0 Å². The van der Waals surface area contributed by atoms with Gasteiger partial charge < -0.3 is 4.74 Å². The van der Waals surface area contributed by atoms with Crippen LogP contribution in [0.25, 0.3) is 0 Å². The predicted molar refractivity (Wildman–Crippen MR) is 60.9 cm³/mol. The van der Waals surface area contributed by atoms with Gasteiger partial charge >= 0.3 is 0 Å². The molecule has 1 aromatic heterocycles.